The van der Waals surface area contributed by atoms with Gasteiger partial charge in [0.25, 0.3) is 0 Å². The molecule has 1 saturated heterocycles. The van der Waals surface area contributed by atoms with E-state index in [0.717, 1.165) is 37.6 Å². The Morgan fingerprint density at radius 2 is 2.33 bits per heavy atom. The summed E-state index contributed by atoms with van der Waals surface area (Å²) in [5, 5.41) is 6.26. The molecule has 0 bridgehead atoms. The van der Waals surface area contributed by atoms with Crippen LogP contribution in [0.2, 0.25) is 0 Å². The molecule has 2 atom stereocenters. The number of fused-ring (bicyclic) bond motifs is 1. The molecule has 0 radical (unpaired) electrons. The van der Waals surface area contributed by atoms with Crippen molar-refractivity contribution in [3.8, 4) is 5.75 Å². The molecule has 2 aliphatic heterocycles. The summed E-state index contributed by atoms with van der Waals surface area (Å²) < 4.78 is 5.45. The van der Waals surface area contributed by atoms with Crippen molar-refractivity contribution in [2.75, 3.05) is 25.0 Å². The van der Waals surface area contributed by atoms with E-state index in [0.29, 0.717) is 5.92 Å². The molecule has 0 saturated carbocycles. The van der Waals surface area contributed by atoms with Crippen LogP contribution in [0.3, 0.4) is 0 Å². The van der Waals surface area contributed by atoms with E-state index in [1.54, 1.807) is 0 Å². The molecule has 18 heavy (non-hydrogen) atoms. The highest BCUT2D eigenvalue weighted by atomic mass is 16.5. The number of ether oxygens (including phenoxy) is 1. The molecule has 1 fully saturated rings. The third kappa shape index (κ3) is 2.08. The first-order valence-electron chi connectivity index (χ1n) is 6.51. The maximum Gasteiger partial charge on any atom is 0.229 e. The number of benzene rings is 1. The quantitative estimate of drug-likeness (QED) is 0.829. The van der Waals surface area contributed by atoms with Gasteiger partial charge in [-0.3, -0.25) is 4.79 Å². The summed E-state index contributed by atoms with van der Waals surface area (Å²) >= 11 is 0. The van der Waals surface area contributed by atoms with Crippen LogP contribution in [0.25, 0.3) is 0 Å². The molecule has 2 heterocycles. The number of nitrogens with one attached hydrogen (secondary N) is 2. The van der Waals surface area contributed by atoms with Gasteiger partial charge in [-0.2, -0.15) is 0 Å². The lowest BCUT2D eigenvalue weighted by atomic mass is 9.97. The molecule has 1 aromatic rings. The first-order valence-corrected chi connectivity index (χ1v) is 6.51. The molecule has 1 aromatic carbocycles. The first kappa shape index (κ1) is 11.5. The SMILES string of the molecule is CC1CNCC1C(=O)Nc1ccc2c(c1)CCO2. The van der Waals surface area contributed by atoms with Gasteiger partial charge in [-0.15, -0.1) is 0 Å². The Kier molecular flexibility index (Phi) is 2.96. The lowest BCUT2D eigenvalue weighted by molar-refractivity contribution is -0.120. The van der Waals surface area contributed by atoms with Gasteiger partial charge in [0, 0.05) is 18.7 Å². The fourth-order valence-corrected chi connectivity index (χ4v) is 2.66. The zero-order valence-corrected chi connectivity index (χ0v) is 10.5. The van der Waals surface area contributed by atoms with Crippen molar-refractivity contribution in [1.29, 1.82) is 0 Å². The van der Waals surface area contributed by atoms with Gasteiger partial charge in [0.05, 0.1) is 12.5 Å². The largest absolute Gasteiger partial charge is 0.493 e. The monoisotopic (exact) mass is 246 g/mol. The topological polar surface area (TPSA) is 50.4 Å². The van der Waals surface area contributed by atoms with Crippen LogP contribution in [-0.4, -0.2) is 25.6 Å². The maximum absolute atomic E-state index is 12.1. The van der Waals surface area contributed by atoms with Gasteiger partial charge < -0.3 is 15.4 Å². The average Bonchev–Trinajstić information content (AvgIpc) is 2.96. The minimum absolute atomic E-state index is 0.0782. The minimum atomic E-state index is 0.0782. The molecule has 0 aromatic heterocycles. The summed E-state index contributed by atoms with van der Waals surface area (Å²) in [6.07, 6.45) is 0.931. The van der Waals surface area contributed by atoms with E-state index in [-0.39, 0.29) is 11.8 Å². The number of carbonyl (C=O) groups excluding carboxylic acids is 1. The predicted octanol–water partition coefficient (Wildman–Crippen LogP) is 1.42. The van der Waals surface area contributed by atoms with E-state index in [2.05, 4.69) is 17.6 Å². The molecular weight excluding hydrogens is 228 g/mol. The molecular formula is C14H18N2O2. The molecule has 2 aliphatic rings. The number of rotatable bonds is 2. The lowest BCUT2D eigenvalue weighted by Gasteiger charge is -2.14. The summed E-state index contributed by atoms with van der Waals surface area (Å²) in [5.74, 6) is 1.55. The highest BCUT2D eigenvalue weighted by Gasteiger charge is 2.29. The second kappa shape index (κ2) is 4.61. The van der Waals surface area contributed by atoms with Crippen molar-refractivity contribution in [2.24, 2.45) is 11.8 Å². The summed E-state index contributed by atoms with van der Waals surface area (Å²) in [4.78, 5) is 12.1. The average molecular weight is 246 g/mol. The Labute approximate surface area is 107 Å². The molecule has 0 aliphatic carbocycles. The number of anilines is 1. The number of carbonyl (C=O) groups is 1. The van der Waals surface area contributed by atoms with E-state index in [4.69, 9.17) is 4.74 Å². The van der Waals surface area contributed by atoms with Crippen LogP contribution in [0.5, 0.6) is 5.75 Å². The summed E-state index contributed by atoms with van der Waals surface area (Å²) in [6, 6.07) is 5.87. The number of amides is 1. The van der Waals surface area contributed by atoms with E-state index in [1.165, 1.54) is 5.56 Å². The van der Waals surface area contributed by atoms with Gasteiger partial charge in [-0.1, -0.05) is 6.92 Å². The molecule has 96 valence electrons. The Morgan fingerprint density at radius 1 is 1.44 bits per heavy atom. The third-order valence-corrected chi connectivity index (χ3v) is 3.81. The van der Waals surface area contributed by atoms with Crippen LogP contribution >= 0.6 is 0 Å². The maximum atomic E-state index is 12.1. The number of hydrogen-bond acceptors (Lipinski definition) is 3. The fourth-order valence-electron chi connectivity index (χ4n) is 2.66. The van der Waals surface area contributed by atoms with Gasteiger partial charge in [0.15, 0.2) is 0 Å². The molecule has 2 unspecified atom stereocenters. The standard InChI is InChI=1S/C14H18N2O2/c1-9-7-15-8-12(9)14(17)16-11-2-3-13-10(6-11)4-5-18-13/h2-3,6,9,12,15H,4-5,7-8H2,1H3,(H,16,17). The van der Waals surface area contributed by atoms with E-state index >= 15 is 0 Å². The Balaban J connectivity index is 1.71. The van der Waals surface area contributed by atoms with Gasteiger partial charge in [-0.25, -0.2) is 0 Å². The highest BCUT2D eigenvalue weighted by molar-refractivity contribution is 5.93. The van der Waals surface area contributed by atoms with Crippen molar-refractivity contribution in [3.05, 3.63) is 23.8 Å². The Bertz CT molecular complexity index is 473. The fraction of sp³-hybridized carbons (Fsp3) is 0.500. The third-order valence-electron chi connectivity index (χ3n) is 3.81. The Hall–Kier alpha value is -1.55. The molecule has 4 nitrogen and oxygen atoms in total. The first-order chi connectivity index (χ1) is 8.74. The lowest BCUT2D eigenvalue weighted by Crippen LogP contribution is -2.27. The highest BCUT2D eigenvalue weighted by Crippen LogP contribution is 2.28. The van der Waals surface area contributed by atoms with Crippen molar-refractivity contribution < 1.29 is 9.53 Å². The molecule has 3 rings (SSSR count). The van der Waals surface area contributed by atoms with Gasteiger partial charge in [-0.05, 0) is 36.2 Å². The van der Waals surface area contributed by atoms with Crippen LogP contribution < -0.4 is 15.4 Å². The van der Waals surface area contributed by atoms with Crippen LogP contribution in [0.4, 0.5) is 5.69 Å². The zero-order valence-electron chi connectivity index (χ0n) is 10.5. The molecule has 0 spiro atoms. The minimum Gasteiger partial charge on any atom is -0.493 e. The van der Waals surface area contributed by atoms with Crippen molar-refractivity contribution in [2.45, 2.75) is 13.3 Å². The van der Waals surface area contributed by atoms with Crippen molar-refractivity contribution in [1.82, 2.24) is 5.32 Å². The molecule has 2 N–H and O–H groups in total. The van der Waals surface area contributed by atoms with E-state index in [1.807, 2.05) is 18.2 Å². The number of hydrogen-bond donors (Lipinski definition) is 2. The normalized spacial score (nSPS) is 25.6. The predicted molar refractivity (Wildman–Crippen MR) is 69.8 cm³/mol. The summed E-state index contributed by atoms with van der Waals surface area (Å²) in [5.41, 5.74) is 2.06. The van der Waals surface area contributed by atoms with E-state index < -0.39 is 0 Å². The van der Waals surface area contributed by atoms with Crippen molar-refractivity contribution in [3.63, 3.8) is 0 Å². The van der Waals surface area contributed by atoms with Gasteiger partial charge in [0.2, 0.25) is 5.91 Å². The smallest absolute Gasteiger partial charge is 0.229 e. The van der Waals surface area contributed by atoms with E-state index in [9.17, 15) is 4.79 Å². The zero-order chi connectivity index (χ0) is 12.5. The van der Waals surface area contributed by atoms with Crippen LogP contribution in [0.1, 0.15) is 12.5 Å². The van der Waals surface area contributed by atoms with Crippen LogP contribution in [0.15, 0.2) is 18.2 Å². The molecule has 4 heteroatoms. The second-order valence-corrected chi connectivity index (χ2v) is 5.15. The van der Waals surface area contributed by atoms with Gasteiger partial charge >= 0.3 is 0 Å². The summed E-state index contributed by atoms with van der Waals surface area (Å²) in [7, 11) is 0. The Morgan fingerprint density at radius 3 is 3.11 bits per heavy atom. The van der Waals surface area contributed by atoms with Crippen molar-refractivity contribution >= 4 is 11.6 Å². The van der Waals surface area contributed by atoms with Gasteiger partial charge in [0.1, 0.15) is 5.75 Å². The van der Waals surface area contributed by atoms with Crippen LogP contribution in [0, 0.1) is 11.8 Å². The molecule has 1 amide bonds. The second-order valence-electron chi connectivity index (χ2n) is 5.15. The summed E-state index contributed by atoms with van der Waals surface area (Å²) in [6.45, 7) is 4.56. The van der Waals surface area contributed by atoms with Crippen LogP contribution in [-0.2, 0) is 11.2 Å².